The highest BCUT2D eigenvalue weighted by molar-refractivity contribution is 7.89. The minimum atomic E-state index is -3.53. The Balaban J connectivity index is 2.33. The number of rotatable bonds is 13. The highest BCUT2D eigenvalue weighted by atomic mass is 32.2. The van der Waals surface area contributed by atoms with Crippen LogP contribution in [0.15, 0.2) is 60.7 Å². The van der Waals surface area contributed by atoms with E-state index in [9.17, 15) is 8.42 Å². The number of nitrogens with one attached hydrogen (secondary N) is 1. The molecule has 30 heavy (non-hydrogen) atoms. The molecule has 0 heterocycles. The molecule has 0 saturated carbocycles. The van der Waals surface area contributed by atoms with Crippen LogP contribution in [0.3, 0.4) is 0 Å². The van der Waals surface area contributed by atoms with Crippen molar-refractivity contribution in [2.24, 2.45) is 11.1 Å². The van der Waals surface area contributed by atoms with E-state index in [-0.39, 0.29) is 11.2 Å². The summed E-state index contributed by atoms with van der Waals surface area (Å²) in [6, 6.07) is 18.3. The van der Waals surface area contributed by atoms with E-state index in [0.29, 0.717) is 0 Å². The molecule has 0 fully saturated rings. The molecule has 0 spiro atoms. The second-order valence-corrected chi connectivity index (χ2v) is 10.2. The summed E-state index contributed by atoms with van der Waals surface area (Å²) in [6.07, 6.45) is 5.83. The molecule has 0 aromatic heterocycles. The van der Waals surface area contributed by atoms with E-state index in [2.05, 4.69) is 25.5 Å². The quantitative estimate of drug-likeness (QED) is 0.426. The van der Waals surface area contributed by atoms with Crippen molar-refractivity contribution in [2.75, 3.05) is 5.75 Å². The zero-order valence-corrected chi connectivity index (χ0v) is 19.5. The number of hydrogen-bond acceptors (Lipinski definition) is 3. The fourth-order valence-corrected chi connectivity index (χ4v) is 6.37. The summed E-state index contributed by atoms with van der Waals surface area (Å²) in [7, 11) is -3.53. The molecule has 4 nitrogen and oxygen atoms in total. The summed E-state index contributed by atoms with van der Waals surface area (Å²) >= 11 is 0. The molecule has 0 aliphatic rings. The summed E-state index contributed by atoms with van der Waals surface area (Å²) in [4.78, 5) is 0. The zero-order chi connectivity index (χ0) is 22.0. The first-order valence-electron chi connectivity index (χ1n) is 11.2. The molecule has 5 heteroatoms. The van der Waals surface area contributed by atoms with Crippen LogP contribution in [0.1, 0.15) is 82.5 Å². The van der Waals surface area contributed by atoms with Gasteiger partial charge in [0.25, 0.3) is 0 Å². The van der Waals surface area contributed by atoms with Gasteiger partial charge in [0, 0.05) is 0 Å². The van der Waals surface area contributed by atoms with Gasteiger partial charge in [-0.3, -0.25) is 0 Å². The number of unbranched alkanes of at least 4 members (excludes halogenated alkanes) is 1. The third kappa shape index (κ3) is 6.93. The van der Waals surface area contributed by atoms with Crippen molar-refractivity contribution in [3.05, 3.63) is 71.8 Å². The average molecular weight is 431 g/mol. The second kappa shape index (κ2) is 11.6. The van der Waals surface area contributed by atoms with Gasteiger partial charge in [-0.05, 0) is 35.8 Å². The molecular formula is C25H38N2O2S. The Morgan fingerprint density at radius 3 is 1.93 bits per heavy atom. The van der Waals surface area contributed by atoms with Crippen LogP contribution >= 0.6 is 0 Å². The summed E-state index contributed by atoms with van der Waals surface area (Å²) in [5.41, 5.74) is 8.19. The van der Waals surface area contributed by atoms with E-state index in [4.69, 9.17) is 5.73 Å². The van der Waals surface area contributed by atoms with Crippen LogP contribution < -0.4 is 10.5 Å². The smallest absolute Gasteiger partial charge is 0.212 e. The maximum absolute atomic E-state index is 13.4. The molecule has 3 unspecified atom stereocenters. The largest absolute Gasteiger partial charge is 0.322 e. The van der Waals surface area contributed by atoms with Crippen molar-refractivity contribution < 1.29 is 8.42 Å². The monoisotopic (exact) mass is 430 g/mol. The van der Waals surface area contributed by atoms with Crippen molar-refractivity contribution in [2.45, 2.75) is 71.4 Å². The van der Waals surface area contributed by atoms with Crippen LogP contribution in [-0.4, -0.2) is 14.2 Å². The first-order valence-corrected chi connectivity index (χ1v) is 12.9. The average Bonchev–Trinajstić information content (AvgIpc) is 2.76. The predicted octanol–water partition coefficient (Wildman–Crippen LogP) is 5.73. The van der Waals surface area contributed by atoms with Crippen molar-refractivity contribution in [1.82, 2.24) is 4.72 Å². The van der Waals surface area contributed by atoms with Gasteiger partial charge in [-0.25, -0.2) is 13.1 Å². The SMILES string of the molecule is CCCCC(CC)(CCC)CS(=O)(=O)NC(c1ccccc1)C(N)c1ccccc1. The van der Waals surface area contributed by atoms with Gasteiger partial charge in [0.1, 0.15) is 0 Å². The van der Waals surface area contributed by atoms with Gasteiger partial charge < -0.3 is 5.73 Å². The lowest BCUT2D eigenvalue weighted by Crippen LogP contribution is -2.41. The van der Waals surface area contributed by atoms with Crippen LogP contribution in [0, 0.1) is 5.41 Å². The van der Waals surface area contributed by atoms with Gasteiger partial charge in [0.05, 0.1) is 17.8 Å². The minimum absolute atomic E-state index is 0.148. The van der Waals surface area contributed by atoms with Gasteiger partial charge in [-0.1, -0.05) is 101 Å². The molecule has 3 N–H and O–H groups in total. The predicted molar refractivity (Wildman–Crippen MR) is 127 cm³/mol. The minimum Gasteiger partial charge on any atom is -0.322 e. The molecule has 0 aliphatic heterocycles. The Morgan fingerprint density at radius 1 is 0.867 bits per heavy atom. The summed E-state index contributed by atoms with van der Waals surface area (Å²) in [5.74, 6) is 0.148. The van der Waals surface area contributed by atoms with Crippen molar-refractivity contribution >= 4 is 10.0 Å². The number of benzene rings is 2. The highest BCUT2D eigenvalue weighted by Crippen LogP contribution is 2.36. The van der Waals surface area contributed by atoms with Crippen molar-refractivity contribution in [1.29, 1.82) is 0 Å². The van der Waals surface area contributed by atoms with Gasteiger partial charge in [-0.15, -0.1) is 0 Å². The molecule has 0 aliphatic carbocycles. The fourth-order valence-electron chi connectivity index (χ4n) is 4.32. The van der Waals surface area contributed by atoms with E-state index < -0.39 is 22.1 Å². The number of nitrogens with two attached hydrogens (primary N) is 1. The Morgan fingerprint density at radius 2 is 1.43 bits per heavy atom. The van der Waals surface area contributed by atoms with Gasteiger partial charge in [-0.2, -0.15) is 0 Å². The fraction of sp³-hybridized carbons (Fsp3) is 0.520. The van der Waals surface area contributed by atoms with Crippen LogP contribution in [0.4, 0.5) is 0 Å². The highest BCUT2D eigenvalue weighted by Gasteiger charge is 2.35. The first-order chi connectivity index (χ1) is 14.4. The number of hydrogen-bond donors (Lipinski definition) is 2. The Kier molecular flexibility index (Phi) is 9.53. The molecule has 0 bridgehead atoms. The van der Waals surface area contributed by atoms with Crippen LogP contribution in [0.5, 0.6) is 0 Å². The summed E-state index contributed by atoms with van der Waals surface area (Å²) < 4.78 is 29.8. The molecule has 0 saturated heterocycles. The second-order valence-electron chi connectivity index (χ2n) is 8.41. The Hall–Kier alpha value is -1.69. The van der Waals surface area contributed by atoms with Crippen LogP contribution in [0.2, 0.25) is 0 Å². The summed E-state index contributed by atoms with van der Waals surface area (Å²) in [5, 5.41) is 0. The molecule has 166 valence electrons. The van der Waals surface area contributed by atoms with E-state index in [1.807, 2.05) is 60.7 Å². The topological polar surface area (TPSA) is 72.2 Å². The van der Waals surface area contributed by atoms with Crippen molar-refractivity contribution in [3.8, 4) is 0 Å². The molecular weight excluding hydrogens is 392 g/mol. The zero-order valence-electron chi connectivity index (χ0n) is 18.7. The molecule has 2 rings (SSSR count). The number of sulfonamides is 1. The van der Waals surface area contributed by atoms with Gasteiger partial charge >= 0.3 is 0 Å². The Labute approximate surface area is 183 Å². The first kappa shape index (κ1) is 24.6. The molecule has 2 aromatic rings. The lowest BCUT2D eigenvalue weighted by atomic mass is 9.78. The third-order valence-electron chi connectivity index (χ3n) is 6.10. The molecule has 0 radical (unpaired) electrons. The third-order valence-corrected chi connectivity index (χ3v) is 7.70. The normalized spacial score (nSPS) is 16.0. The van der Waals surface area contributed by atoms with E-state index in [0.717, 1.165) is 49.7 Å². The molecule has 3 atom stereocenters. The maximum Gasteiger partial charge on any atom is 0.212 e. The molecule has 2 aromatic carbocycles. The van der Waals surface area contributed by atoms with Crippen molar-refractivity contribution in [3.63, 3.8) is 0 Å². The maximum atomic E-state index is 13.4. The van der Waals surface area contributed by atoms with E-state index in [1.165, 1.54) is 0 Å². The summed E-state index contributed by atoms with van der Waals surface area (Å²) in [6.45, 7) is 6.41. The van der Waals surface area contributed by atoms with Crippen LogP contribution in [-0.2, 0) is 10.0 Å². The van der Waals surface area contributed by atoms with Crippen LogP contribution in [0.25, 0.3) is 0 Å². The molecule has 0 amide bonds. The van der Waals surface area contributed by atoms with E-state index in [1.54, 1.807) is 0 Å². The lowest BCUT2D eigenvalue weighted by molar-refractivity contribution is 0.252. The van der Waals surface area contributed by atoms with Gasteiger partial charge in [0.15, 0.2) is 0 Å². The standard InChI is InChI=1S/C25H38N2O2S/c1-4-7-19-25(6-3,18-5-2)20-30(28,29)27-24(22-16-12-9-13-17-22)23(26)21-14-10-8-11-15-21/h8-17,23-24,27H,4-7,18-20,26H2,1-3H3. The van der Waals surface area contributed by atoms with E-state index >= 15 is 0 Å². The Bertz CT molecular complexity index is 840. The lowest BCUT2D eigenvalue weighted by Gasteiger charge is -2.34. The van der Waals surface area contributed by atoms with Gasteiger partial charge in [0.2, 0.25) is 10.0 Å².